The number of rotatable bonds is 4. The van der Waals surface area contributed by atoms with E-state index in [1.165, 1.54) is 23.0 Å². The highest BCUT2D eigenvalue weighted by Crippen LogP contribution is 2.29. The topological polar surface area (TPSA) is 98.2 Å². The summed E-state index contributed by atoms with van der Waals surface area (Å²) in [5, 5.41) is 7.39. The van der Waals surface area contributed by atoms with Crippen LogP contribution in [0.2, 0.25) is 0 Å². The molecule has 0 spiro atoms. The van der Waals surface area contributed by atoms with E-state index in [9.17, 15) is 9.18 Å². The van der Waals surface area contributed by atoms with Crippen molar-refractivity contribution in [2.24, 2.45) is 5.10 Å². The van der Waals surface area contributed by atoms with Crippen molar-refractivity contribution in [3.8, 4) is 0 Å². The fraction of sp³-hybridized carbons (Fsp3) is 0.0769. The number of aromatic nitrogens is 3. The van der Waals surface area contributed by atoms with Gasteiger partial charge in [-0.1, -0.05) is 36.4 Å². The lowest BCUT2D eigenvalue weighted by atomic mass is 10.1. The first-order chi connectivity index (χ1) is 16.4. The van der Waals surface area contributed by atoms with E-state index in [0.717, 1.165) is 11.1 Å². The molecule has 0 fully saturated rings. The Balaban J connectivity index is 1.66. The molecule has 0 unspecified atom stereocenters. The number of para-hydroxylation sites is 2. The van der Waals surface area contributed by atoms with Crippen molar-refractivity contribution in [3.63, 3.8) is 0 Å². The number of carbonyl (C=O) groups is 1. The van der Waals surface area contributed by atoms with Crippen LogP contribution in [-0.4, -0.2) is 26.8 Å². The molecule has 168 valence electrons. The van der Waals surface area contributed by atoms with Gasteiger partial charge in [0.2, 0.25) is 0 Å². The van der Waals surface area contributed by atoms with Gasteiger partial charge in [-0.3, -0.25) is 4.79 Å². The molecule has 3 aromatic carbocycles. The number of hydrogen-bond acceptors (Lipinski definition) is 5. The van der Waals surface area contributed by atoms with Crippen LogP contribution in [0.25, 0.3) is 22.2 Å². The lowest BCUT2D eigenvalue weighted by molar-refractivity contribution is 0.102. The normalized spacial score (nSPS) is 11.5. The van der Waals surface area contributed by atoms with Crippen molar-refractivity contribution >= 4 is 45.8 Å². The molecule has 0 saturated carbocycles. The molecule has 0 aliphatic heterocycles. The van der Waals surface area contributed by atoms with Crippen molar-refractivity contribution in [3.05, 3.63) is 94.8 Å². The van der Waals surface area contributed by atoms with Gasteiger partial charge in [0, 0.05) is 5.69 Å². The number of amides is 1. The number of nitrogens with zero attached hydrogens (tertiary/aromatic N) is 4. The van der Waals surface area contributed by atoms with Crippen LogP contribution in [0.1, 0.15) is 27.0 Å². The van der Waals surface area contributed by atoms with Crippen molar-refractivity contribution in [1.82, 2.24) is 14.6 Å². The molecule has 1 amide bonds. The number of anilines is 2. The second-order valence-corrected chi connectivity index (χ2v) is 8.03. The van der Waals surface area contributed by atoms with Crippen LogP contribution in [0.5, 0.6) is 0 Å². The maximum absolute atomic E-state index is 13.4. The molecule has 3 N–H and O–H groups in total. The molecular formula is C26H21FN6O. The summed E-state index contributed by atoms with van der Waals surface area (Å²) in [7, 11) is 0. The third-order valence-corrected chi connectivity index (χ3v) is 5.53. The van der Waals surface area contributed by atoms with Crippen molar-refractivity contribution in [2.45, 2.75) is 13.8 Å². The molecular weight excluding hydrogens is 431 g/mol. The van der Waals surface area contributed by atoms with E-state index in [1.807, 2.05) is 56.3 Å². The summed E-state index contributed by atoms with van der Waals surface area (Å²) in [6, 6.07) is 19.1. The number of nitrogens with one attached hydrogen (secondary N) is 1. The fourth-order valence-electron chi connectivity index (χ4n) is 3.72. The molecule has 0 atom stereocenters. The molecule has 0 aliphatic rings. The monoisotopic (exact) mass is 452 g/mol. The first-order valence-electron chi connectivity index (χ1n) is 10.7. The summed E-state index contributed by atoms with van der Waals surface area (Å²) in [6.07, 6.45) is 1.53. The maximum Gasteiger partial charge on any atom is 0.261 e. The van der Waals surface area contributed by atoms with Gasteiger partial charge in [-0.05, 0) is 60.9 Å². The second-order valence-electron chi connectivity index (χ2n) is 8.03. The number of nitrogens with two attached hydrogens (primary N) is 1. The van der Waals surface area contributed by atoms with Gasteiger partial charge in [0.25, 0.3) is 5.91 Å². The van der Waals surface area contributed by atoms with Gasteiger partial charge in [0.05, 0.1) is 17.2 Å². The van der Waals surface area contributed by atoms with E-state index < -0.39 is 5.91 Å². The van der Waals surface area contributed by atoms with Crippen molar-refractivity contribution in [2.75, 3.05) is 11.1 Å². The predicted octanol–water partition coefficient (Wildman–Crippen LogP) is 5.06. The summed E-state index contributed by atoms with van der Waals surface area (Å²) in [5.74, 6) is -0.645. The van der Waals surface area contributed by atoms with Crippen LogP contribution < -0.4 is 11.1 Å². The van der Waals surface area contributed by atoms with Crippen molar-refractivity contribution < 1.29 is 9.18 Å². The molecule has 0 saturated heterocycles. The van der Waals surface area contributed by atoms with E-state index in [0.29, 0.717) is 33.4 Å². The number of halogens is 1. The van der Waals surface area contributed by atoms with Gasteiger partial charge in [-0.15, -0.1) is 0 Å². The molecule has 0 bridgehead atoms. The molecule has 8 heteroatoms. The summed E-state index contributed by atoms with van der Waals surface area (Å²) >= 11 is 0. The third-order valence-electron chi connectivity index (χ3n) is 5.53. The lowest BCUT2D eigenvalue weighted by Gasteiger charge is -2.09. The average molecular weight is 452 g/mol. The molecule has 2 aromatic heterocycles. The zero-order chi connectivity index (χ0) is 23.8. The number of fused-ring (bicyclic) bond motifs is 2. The fourth-order valence-corrected chi connectivity index (χ4v) is 3.72. The van der Waals surface area contributed by atoms with Gasteiger partial charge in [0.15, 0.2) is 5.65 Å². The van der Waals surface area contributed by atoms with Crippen LogP contribution >= 0.6 is 0 Å². The Labute approximate surface area is 194 Å². The van der Waals surface area contributed by atoms with Gasteiger partial charge < -0.3 is 11.1 Å². The number of nitrogen functional groups attached to an aromatic ring is 1. The molecule has 0 radical (unpaired) electrons. The van der Waals surface area contributed by atoms with Gasteiger partial charge in [0.1, 0.15) is 22.7 Å². The minimum atomic E-state index is -0.406. The summed E-state index contributed by atoms with van der Waals surface area (Å²) in [5.41, 5.74) is 11.9. The highest BCUT2D eigenvalue weighted by molar-refractivity contribution is 6.16. The summed E-state index contributed by atoms with van der Waals surface area (Å²) < 4.78 is 14.6. The SMILES string of the molecule is Cc1ccc(C)c(NC(=O)c2c(N)n(/N=C\c3ccc(F)cc3)c3nc4ccccc4nc23)c1. The Morgan fingerprint density at radius 3 is 2.47 bits per heavy atom. The van der Waals surface area contributed by atoms with Crippen LogP contribution in [0.15, 0.2) is 71.8 Å². The smallest absolute Gasteiger partial charge is 0.261 e. The van der Waals surface area contributed by atoms with Crippen LogP contribution in [0.3, 0.4) is 0 Å². The summed E-state index contributed by atoms with van der Waals surface area (Å²) in [4.78, 5) is 22.8. The molecule has 2 heterocycles. The quantitative estimate of drug-likeness (QED) is 0.373. The highest BCUT2D eigenvalue weighted by atomic mass is 19.1. The minimum absolute atomic E-state index is 0.103. The number of aryl methyl sites for hydroxylation is 2. The largest absolute Gasteiger partial charge is 0.383 e. The third kappa shape index (κ3) is 3.86. The first-order valence-corrected chi connectivity index (χ1v) is 10.7. The van der Waals surface area contributed by atoms with E-state index in [4.69, 9.17) is 5.73 Å². The number of benzene rings is 3. The Morgan fingerprint density at radius 2 is 1.74 bits per heavy atom. The zero-order valence-corrected chi connectivity index (χ0v) is 18.6. The Morgan fingerprint density at radius 1 is 1.03 bits per heavy atom. The van der Waals surface area contributed by atoms with E-state index in [1.54, 1.807) is 12.1 Å². The Kier molecular flexibility index (Phi) is 5.25. The average Bonchev–Trinajstić information content (AvgIpc) is 3.09. The maximum atomic E-state index is 13.4. The van der Waals surface area contributed by atoms with E-state index in [-0.39, 0.29) is 17.2 Å². The predicted molar refractivity (Wildman–Crippen MR) is 133 cm³/mol. The second kappa shape index (κ2) is 8.40. The number of carbonyl (C=O) groups excluding carboxylic acids is 1. The summed E-state index contributed by atoms with van der Waals surface area (Å²) in [6.45, 7) is 3.87. The Bertz CT molecular complexity index is 1590. The molecule has 5 rings (SSSR count). The van der Waals surface area contributed by atoms with Crippen LogP contribution in [-0.2, 0) is 0 Å². The van der Waals surface area contributed by atoms with Crippen LogP contribution in [0, 0.1) is 19.7 Å². The van der Waals surface area contributed by atoms with Crippen molar-refractivity contribution in [1.29, 1.82) is 0 Å². The van der Waals surface area contributed by atoms with E-state index >= 15 is 0 Å². The Hall–Kier alpha value is -4.59. The van der Waals surface area contributed by atoms with E-state index in [2.05, 4.69) is 20.4 Å². The zero-order valence-electron chi connectivity index (χ0n) is 18.6. The molecule has 0 aliphatic carbocycles. The molecule has 7 nitrogen and oxygen atoms in total. The molecule has 34 heavy (non-hydrogen) atoms. The highest BCUT2D eigenvalue weighted by Gasteiger charge is 2.24. The number of hydrogen-bond donors (Lipinski definition) is 2. The minimum Gasteiger partial charge on any atom is -0.383 e. The standard InChI is InChI=1S/C26H21FN6O/c1-15-7-8-16(2)21(13-15)32-26(34)22-23-25(31-20-6-4-3-5-19(20)30-23)33(24(22)28)29-14-17-9-11-18(27)12-10-17/h3-14H,28H2,1-2H3,(H,32,34)/b29-14-. The molecule has 5 aromatic rings. The van der Waals surface area contributed by atoms with Gasteiger partial charge in [-0.25, -0.2) is 14.4 Å². The van der Waals surface area contributed by atoms with Crippen LogP contribution in [0.4, 0.5) is 15.9 Å². The van der Waals surface area contributed by atoms with Gasteiger partial charge >= 0.3 is 0 Å². The lowest BCUT2D eigenvalue weighted by Crippen LogP contribution is -2.15. The van der Waals surface area contributed by atoms with Gasteiger partial charge in [-0.2, -0.15) is 9.78 Å². The first kappa shape index (κ1) is 21.3.